The van der Waals surface area contributed by atoms with Gasteiger partial charge in [0.05, 0.1) is 12.1 Å². The molecule has 5 heterocycles. The highest BCUT2D eigenvalue weighted by Crippen LogP contribution is 2.34. The standard InChI is InChI=1S/C25H23N5OS/c31-23(15-21-4-2-14-32-21)30-13-1-3-20(17-30)24-22(18-5-9-26-10-6-18)16-28-25(29-24)19-7-11-27-12-8-19/h2,4-12,14,16,20H,1,3,13,15,17H2. The zero-order chi connectivity index (χ0) is 21.8. The fourth-order valence-electron chi connectivity index (χ4n) is 4.20. The second kappa shape index (κ2) is 9.36. The lowest BCUT2D eigenvalue weighted by Crippen LogP contribution is -2.40. The smallest absolute Gasteiger partial charge is 0.227 e. The molecule has 0 aromatic carbocycles. The molecule has 0 saturated carbocycles. The van der Waals surface area contributed by atoms with Gasteiger partial charge in [-0.25, -0.2) is 9.97 Å². The van der Waals surface area contributed by atoms with Crippen LogP contribution in [0.2, 0.25) is 0 Å². The van der Waals surface area contributed by atoms with E-state index in [1.54, 1.807) is 36.1 Å². The van der Waals surface area contributed by atoms with Crippen molar-refractivity contribution in [2.45, 2.75) is 25.2 Å². The first-order valence-electron chi connectivity index (χ1n) is 10.8. The molecule has 1 unspecified atom stereocenters. The molecule has 1 amide bonds. The van der Waals surface area contributed by atoms with E-state index in [0.717, 1.165) is 46.6 Å². The van der Waals surface area contributed by atoms with Crippen LogP contribution < -0.4 is 0 Å². The fraction of sp³-hybridized carbons (Fsp3) is 0.240. The Bertz CT molecular complexity index is 1180. The lowest BCUT2D eigenvalue weighted by molar-refractivity contribution is -0.131. The van der Waals surface area contributed by atoms with Gasteiger partial charge in [0.1, 0.15) is 0 Å². The SMILES string of the molecule is O=C(Cc1cccs1)N1CCCC(c2nc(-c3ccncc3)ncc2-c2ccncc2)C1. The number of nitrogens with zero attached hydrogens (tertiary/aromatic N) is 5. The van der Waals surface area contributed by atoms with Crippen molar-refractivity contribution in [2.24, 2.45) is 0 Å². The van der Waals surface area contributed by atoms with Crippen LogP contribution in [0.3, 0.4) is 0 Å². The number of likely N-dealkylation sites (tertiary alicyclic amines) is 1. The molecule has 160 valence electrons. The molecule has 4 aromatic rings. The fourth-order valence-corrected chi connectivity index (χ4v) is 4.90. The van der Waals surface area contributed by atoms with Crippen molar-refractivity contribution in [1.82, 2.24) is 24.8 Å². The Kier molecular flexibility index (Phi) is 5.98. The lowest BCUT2D eigenvalue weighted by atomic mass is 9.89. The Morgan fingerprint density at radius 3 is 2.50 bits per heavy atom. The third-order valence-electron chi connectivity index (χ3n) is 5.81. The molecule has 0 aliphatic carbocycles. The summed E-state index contributed by atoms with van der Waals surface area (Å²) in [5.41, 5.74) is 3.97. The van der Waals surface area contributed by atoms with Crippen molar-refractivity contribution in [3.63, 3.8) is 0 Å². The first-order valence-corrected chi connectivity index (χ1v) is 11.6. The first kappa shape index (κ1) is 20.5. The molecule has 5 rings (SSSR count). The Hall–Kier alpha value is -3.45. The summed E-state index contributed by atoms with van der Waals surface area (Å²) in [6.45, 7) is 1.47. The van der Waals surface area contributed by atoms with E-state index in [1.165, 1.54) is 0 Å². The minimum atomic E-state index is 0.155. The van der Waals surface area contributed by atoms with Crippen LogP contribution in [0.4, 0.5) is 0 Å². The number of pyridine rings is 2. The van der Waals surface area contributed by atoms with Gasteiger partial charge in [0.2, 0.25) is 5.91 Å². The van der Waals surface area contributed by atoms with Gasteiger partial charge in [-0.2, -0.15) is 0 Å². The van der Waals surface area contributed by atoms with Gasteiger partial charge in [-0.15, -0.1) is 11.3 Å². The second-order valence-electron chi connectivity index (χ2n) is 7.90. The Labute approximate surface area is 191 Å². The molecule has 1 aliphatic rings. The number of aromatic nitrogens is 4. The van der Waals surface area contributed by atoms with Gasteiger partial charge in [-0.1, -0.05) is 6.07 Å². The van der Waals surface area contributed by atoms with Gasteiger partial charge in [-0.3, -0.25) is 14.8 Å². The summed E-state index contributed by atoms with van der Waals surface area (Å²) in [6.07, 6.45) is 11.4. The highest BCUT2D eigenvalue weighted by molar-refractivity contribution is 7.10. The van der Waals surface area contributed by atoms with Crippen LogP contribution in [0.5, 0.6) is 0 Å². The average molecular weight is 442 g/mol. The Balaban J connectivity index is 1.48. The number of hydrogen-bond donors (Lipinski definition) is 0. The van der Waals surface area contributed by atoms with Crippen molar-refractivity contribution in [3.8, 4) is 22.5 Å². The van der Waals surface area contributed by atoms with Gasteiger partial charge < -0.3 is 4.90 Å². The topological polar surface area (TPSA) is 71.9 Å². The summed E-state index contributed by atoms with van der Waals surface area (Å²) < 4.78 is 0. The van der Waals surface area contributed by atoms with Gasteiger partial charge in [0.15, 0.2) is 5.82 Å². The van der Waals surface area contributed by atoms with Gasteiger partial charge >= 0.3 is 0 Å². The largest absolute Gasteiger partial charge is 0.342 e. The Morgan fingerprint density at radius 2 is 1.78 bits per heavy atom. The van der Waals surface area contributed by atoms with Crippen LogP contribution in [0, 0.1) is 0 Å². The summed E-state index contributed by atoms with van der Waals surface area (Å²) in [6, 6.07) is 11.8. The van der Waals surface area contributed by atoms with Crippen molar-refractivity contribution in [1.29, 1.82) is 0 Å². The van der Waals surface area contributed by atoms with E-state index in [-0.39, 0.29) is 11.8 Å². The predicted molar refractivity (Wildman–Crippen MR) is 125 cm³/mol. The summed E-state index contributed by atoms with van der Waals surface area (Å²) in [5, 5.41) is 2.02. The van der Waals surface area contributed by atoms with Crippen molar-refractivity contribution < 1.29 is 4.79 Å². The predicted octanol–water partition coefficient (Wildman–Crippen LogP) is 4.61. The molecule has 1 fully saturated rings. The molecule has 0 spiro atoms. The third kappa shape index (κ3) is 4.43. The molecule has 7 heteroatoms. The van der Waals surface area contributed by atoms with Crippen LogP contribution in [0.1, 0.15) is 29.3 Å². The number of amides is 1. The first-order chi connectivity index (χ1) is 15.8. The Morgan fingerprint density at radius 1 is 1.03 bits per heavy atom. The highest BCUT2D eigenvalue weighted by atomic mass is 32.1. The maximum Gasteiger partial charge on any atom is 0.227 e. The molecular weight excluding hydrogens is 418 g/mol. The number of thiophene rings is 1. The van der Waals surface area contributed by atoms with E-state index >= 15 is 0 Å². The van der Waals surface area contributed by atoms with Crippen LogP contribution in [0.25, 0.3) is 22.5 Å². The number of piperidine rings is 1. The molecule has 4 aromatic heterocycles. The van der Waals surface area contributed by atoms with Gasteiger partial charge in [0, 0.05) is 66.0 Å². The number of carbonyl (C=O) groups is 1. The zero-order valence-corrected chi connectivity index (χ0v) is 18.4. The molecule has 0 N–H and O–H groups in total. The molecule has 32 heavy (non-hydrogen) atoms. The van der Waals surface area contributed by atoms with E-state index in [0.29, 0.717) is 18.8 Å². The van der Waals surface area contributed by atoms with E-state index in [4.69, 9.17) is 4.98 Å². The quantitative estimate of drug-likeness (QED) is 0.452. The summed E-state index contributed by atoms with van der Waals surface area (Å²) in [5.74, 6) is 1.02. The summed E-state index contributed by atoms with van der Waals surface area (Å²) >= 11 is 1.63. The molecule has 1 atom stereocenters. The van der Waals surface area contributed by atoms with E-state index in [2.05, 4.69) is 15.0 Å². The van der Waals surface area contributed by atoms with Crippen LogP contribution in [0.15, 0.2) is 72.8 Å². The average Bonchev–Trinajstić information content (AvgIpc) is 3.38. The van der Waals surface area contributed by atoms with Gasteiger partial charge in [-0.05, 0) is 54.1 Å². The maximum atomic E-state index is 13.0. The van der Waals surface area contributed by atoms with E-state index < -0.39 is 0 Å². The van der Waals surface area contributed by atoms with E-state index in [1.807, 2.05) is 52.9 Å². The number of hydrogen-bond acceptors (Lipinski definition) is 6. The van der Waals surface area contributed by atoms with E-state index in [9.17, 15) is 4.79 Å². The molecule has 0 radical (unpaired) electrons. The van der Waals surface area contributed by atoms with Crippen molar-refractivity contribution in [2.75, 3.05) is 13.1 Å². The monoisotopic (exact) mass is 441 g/mol. The minimum absolute atomic E-state index is 0.155. The zero-order valence-electron chi connectivity index (χ0n) is 17.6. The van der Waals surface area contributed by atoms with Gasteiger partial charge in [0.25, 0.3) is 0 Å². The van der Waals surface area contributed by atoms with Crippen LogP contribution in [-0.2, 0) is 11.2 Å². The molecule has 6 nitrogen and oxygen atoms in total. The molecule has 1 saturated heterocycles. The number of rotatable bonds is 5. The molecular formula is C25H23N5OS. The molecule has 0 bridgehead atoms. The number of carbonyl (C=O) groups excluding carboxylic acids is 1. The maximum absolute atomic E-state index is 13.0. The van der Waals surface area contributed by atoms with Crippen LogP contribution >= 0.6 is 11.3 Å². The second-order valence-corrected chi connectivity index (χ2v) is 8.93. The van der Waals surface area contributed by atoms with Crippen LogP contribution in [-0.4, -0.2) is 43.8 Å². The summed E-state index contributed by atoms with van der Waals surface area (Å²) in [4.78, 5) is 34.0. The third-order valence-corrected chi connectivity index (χ3v) is 6.69. The van der Waals surface area contributed by atoms with Crippen molar-refractivity contribution >= 4 is 17.2 Å². The minimum Gasteiger partial charge on any atom is -0.342 e. The lowest BCUT2D eigenvalue weighted by Gasteiger charge is -2.33. The highest BCUT2D eigenvalue weighted by Gasteiger charge is 2.28. The normalized spacial score (nSPS) is 16.1. The van der Waals surface area contributed by atoms with Crippen molar-refractivity contribution in [3.05, 3.63) is 83.3 Å². The molecule has 1 aliphatic heterocycles. The summed E-state index contributed by atoms with van der Waals surface area (Å²) in [7, 11) is 0.